The van der Waals surface area contributed by atoms with Crippen LogP contribution >= 0.6 is 0 Å². The topological polar surface area (TPSA) is 216 Å². The van der Waals surface area contributed by atoms with Gasteiger partial charge in [-0.2, -0.15) is 0 Å². The fourth-order valence-electron chi connectivity index (χ4n) is 4.71. The quantitative estimate of drug-likeness (QED) is 0.0550. The Balaban J connectivity index is 2.23. The number of carbonyl (C=O) groups is 1. The molecule has 0 aromatic carbocycles. The van der Waals surface area contributed by atoms with Crippen LogP contribution in [0.2, 0.25) is 0 Å². The molecule has 2 aliphatic rings. The van der Waals surface area contributed by atoms with Crippen molar-refractivity contribution in [1.29, 1.82) is 0 Å². The molecule has 1 saturated heterocycles. The second-order valence-electron chi connectivity index (χ2n) is 10.2. The first kappa shape index (κ1) is 34.4. The lowest BCUT2D eigenvalue weighted by atomic mass is 9.88. The molecule has 232 valence electrons. The zero-order valence-electron chi connectivity index (χ0n) is 23.0. The van der Waals surface area contributed by atoms with Gasteiger partial charge in [0.1, 0.15) is 30.5 Å². The van der Waals surface area contributed by atoms with Gasteiger partial charge in [0.05, 0.1) is 32.2 Å². The first-order chi connectivity index (χ1) is 19.2. The third-order valence-electron chi connectivity index (χ3n) is 7.10. The molecule has 0 aromatic heterocycles. The smallest absolute Gasteiger partial charge is 0.378 e. The summed E-state index contributed by atoms with van der Waals surface area (Å²) in [7, 11) is 0. The Hall–Kier alpha value is -1.81. The van der Waals surface area contributed by atoms with E-state index in [9.17, 15) is 45.6 Å². The molecular formula is C27H46O13. The highest BCUT2D eigenvalue weighted by atomic mass is 16.7. The van der Waals surface area contributed by atoms with Gasteiger partial charge in [-0.15, -0.1) is 0 Å². The molecule has 0 radical (unpaired) electrons. The summed E-state index contributed by atoms with van der Waals surface area (Å²) in [4.78, 5) is 12.9. The van der Waals surface area contributed by atoms with Crippen LogP contribution in [0.25, 0.3) is 0 Å². The van der Waals surface area contributed by atoms with E-state index in [0.717, 1.165) is 19.3 Å². The first-order valence-electron chi connectivity index (χ1n) is 14.0. The molecule has 40 heavy (non-hydrogen) atoms. The van der Waals surface area contributed by atoms with Crippen molar-refractivity contribution < 1.29 is 64.6 Å². The van der Waals surface area contributed by atoms with Crippen LogP contribution in [0.1, 0.15) is 71.1 Å². The number of aliphatic hydroxyl groups excluding tert-OH is 8. The predicted molar refractivity (Wildman–Crippen MR) is 139 cm³/mol. The summed E-state index contributed by atoms with van der Waals surface area (Å²) in [5, 5.41) is 79.8. The van der Waals surface area contributed by atoms with Gasteiger partial charge < -0.3 is 59.8 Å². The molecule has 13 nitrogen and oxygen atoms in total. The standard InChI is InChI=1S/C27H46O13/c1-2-3-4-5-6-7-8-9-10-11-12-37-24-23(39-26-22(35)21(34)20(33)18(15-29)38-26)25(36)40-27(24,19(32)16-30)13-17(31)14-28/h11-12,17-22,26,28-35H,2-10,13-16H2,1H3/t17?,18-,19+,20-,21+,22-,26?,27-/m1/s1. The normalized spacial score (nSPS) is 30.5. The minimum Gasteiger partial charge on any atom is -0.461 e. The van der Waals surface area contributed by atoms with Crippen LogP contribution in [0.3, 0.4) is 0 Å². The Morgan fingerprint density at radius 2 is 1.57 bits per heavy atom. The Bertz CT molecular complexity index is 816. The van der Waals surface area contributed by atoms with Crippen LogP contribution in [0.4, 0.5) is 0 Å². The SMILES string of the molecule is CCCCCCCCCCC=COC1=C(OC2O[C@H](CO)[C@@H](O)[C@H](O)[C@H]2O)C(=O)O[C@]1(CC(O)CO)[C@@H](O)CO. The number of esters is 1. The van der Waals surface area contributed by atoms with Gasteiger partial charge in [-0.1, -0.05) is 51.9 Å². The Kier molecular flexibility index (Phi) is 14.8. The van der Waals surface area contributed by atoms with Crippen molar-refractivity contribution in [2.24, 2.45) is 0 Å². The molecule has 8 atom stereocenters. The second-order valence-corrected chi connectivity index (χ2v) is 10.2. The Labute approximate surface area is 234 Å². The third-order valence-corrected chi connectivity index (χ3v) is 7.10. The monoisotopic (exact) mass is 578 g/mol. The number of hydrogen-bond acceptors (Lipinski definition) is 13. The van der Waals surface area contributed by atoms with Crippen LogP contribution in [0.5, 0.6) is 0 Å². The van der Waals surface area contributed by atoms with Crippen molar-refractivity contribution in [1.82, 2.24) is 0 Å². The summed E-state index contributed by atoms with van der Waals surface area (Å²) in [5.74, 6) is -2.37. The van der Waals surface area contributed by atoms with E-state index in [1.54, 1.807) is 6.08 Å². The van der Waals surface area contributed by atoms with E-state index in [4.69, 9.17) is 18.9 Å². The zero-order valence-corrected chi connectivity index (χ0v) is 23.0. The molecule has 0 saturated carbocycles. The highest BCUT2D eigenvalue weighted by Gasteiger charge is 2.58. The summed E-state index contributed by atoms with van der Waals surface area (Å²) >= 11 is 0. The van der Waals surface area contributed by atoms with E-state index in [1.807, 2.05) is 0 Å². The van der Waals surface area contributed by atoms with Crippen molar-refractivity contribution in [2.45, 2.75) is 120 Å². The van der Waals surface area contributed by atoms with Crippen LogP contribution in [0.15, 0.2) is 23.9 Å². The molecule has 1 fully saturated rings. The molecule has 2 aliphatic heterocycles. The van der Waals surface area contributed by atoms with Crippen LogP contribution < -0.4 is 0 Å². The second kappa shape index (κ2) is 17.2. The lowest BCUT2D eigenvalue weighted by Gasteiger charge is -2.39. The van der Waals surface area contributed by atoms with Gasteiger partial charge in [-0.3, -0.25) is 0 Å². The summed E-state index contributed by atoms with van der Waals surface area (Å²) in [6, 6.07) is 0. The number of hydrogen-bond donors (Lipinski definition) is 8. The molecule has 0 amide bonds. The highest BCUT2D eigenvalue weighted by molar-refractivity contribution is 5.90. The van der Waals surface area contributed by atoms with E-state index >= 15 is 0 Å². The highest BCUT2D eigenvalue weighted by Crippen LogP contribution is 2.42. The molecule has 2 heterocycles. The van der Waals surface area contributed by atoms with Gasteiger partial charge in [0.2, 0.25) is 11.9 Å². The van der Waals surface area contributed by atoms with Crippen molar-refractivity contribution in [3.05, 3.63) is 23.9 Å². The minimum absolute atomic E-state index is 0.462. The van der Waals surface area contributed by atoms with Gasteiger partial charge in [0.15, 0.2) is 5.76 Å². The predicted octanol–water partition coefficient (Wildman–Crippen LogP) is -0.532. The molecule has 8 N–H and O–H groups in total. The number of ether oxygens (including phenoxy) is 4. The maximum absolute atomic E-state index is 12.9. The fourth-order valence-corrected chi connectivity index (χ4v) is 4.71. The van der Waals surface area contributed by atoms with Crippen molar-refractivity contribution in [3.8, 4) is 0 Å². The molecule has 0 aromatic rings. The largest absolute Gasteiger partial charge is 0.461 e. The van der Waals surface area contributed by atoms with Gasteiger partial charge >= 0.3 is 5.97 Å². The number of carbonyl (C=O) groups excluding carboxylic acids is 1. The third kappa shape index (κ3) is 8.84. The van der Waals surface area contributed by atoms with E-state index in [1.165, 1.54) is 38.4 Å². The van der Waals surface area contributed by atoms with Crippen LogP contribution in [0, 0.1) is 0 Å². The van der Waals surface area contributed by atoms with Crippen molar-refractivity contribution in [3.63, 3.8) is 0 Å². The first-order valence-corrected chi connectivity index (χ1v) is 14.0. The Morgan fingerprint density at radius 1 is 0.925 bits per heavy atom. The lowest BCUT2D eigenvalue weighted by molar-refractivity contribution is -0.291. The number of allylic oxidation sites excluding steroid dienone is 1. The van der Waals surface area contributed by atoms with Crippen molar-refractivity contribution in [2.75, 3.05) is 19.8 Å². The van der Waals surface area contributed by atoms with E-state index in [2.05, 4.69) is 6.92 Å². The van der Waals surface area contributed by atoms with Crippen LogP contribution in [-0.4, -0.2) is 115 Å². The number of aliphatic hydroxyl groups is 8. The number of cyclic esters (lactones) is 1. The maximum Gasteiger partial charge on any atom is 0.378 e. The summed E-state index contributed by atoms with van der Waals surface area (Å²) in [6.07, 6.45) is 0.260. The molecule has 0 aliphatic carbocycles. The van der Waals surface area contributed by atoms with Gasteiger partial charge in [0.25, 0.3) is 5.76 Å². The van der Waals surface area contributed by atoms with Crippen molar-refractivity contribution >= 4 is 5.97 Å². The number of unbranched alkanes of at least 4 members (excludes halogenated alkanes) is 8. The molecule has 2 unspecified atom stereocenters. The summed E-state index contributed by atoms with van der Waals surface area (Å²) < 4.78 is 21.9. The maximum atomic E-state index is 12.9. The molecule has 2 rings (SSSR count). The Morgan fingerprint density at radius 3 is 2.17 bits per heavy atom. The average Bonchev–Trinajstić information content (AvgIpc) is 3.21. The van der Waals surface area contributed by atoms with Gasteiger partial charge in [-0.05, 0) is 18.9 Å². The molecule has 13 heteroatoms. The van der Waals surface area contributed by atoms with Gasteiger partial charge in [0, 0.05) is 6.42 Å². The fraction of sp³-hybridized carbons (Fsp3) is 0.815. The summed E-state index contributed by atoms with van der Waals surface area (Å²) in [5.41, 5.74) is -2.18. The molecule has 0 spiro atoms. The van der Waals surface area contributed by atoms with Crippen LogP contribution in [-0.2, 0) is 23.7 Å². The molecular weight excluding hydrogens is 532 g/mol. The molecule has 0 bridgehead atoms. The zero-order chi connectivity index (χ0) is 29.7. The van der Waals surface area contributed by atoms with E-state index in [0.29, 0.717) is 6.42 Å². The average molecular weight is 579 g/mol. The summed E-state index contributed by atoms with van der Waals surface area (Å²) in [6.45, 7) is -0.254. The lowest BCUT2D eigenvalue weighted by Crippen LogP contribution is -2.59. The van der Waals surface area contributed by atoms with E-state index in [-0.39, 0.29) is 0 Å². The number of rotatable bonds is 19. The minimum atomic E-state index is -2.18. The van der Waals surface area contributed by atoms with Gasteiger partial charge in [-0.25, -0.2) is 4.79 Å². The van der Waals surface area contributed by atoms with E-state index < -0.39 is 92.2 Å².